The highest BCUT2D eigenvalue weighted by molar-refractivity contribution is 5.97. The van der Waals surface area contributed by atoms with Gasteiger partial charge < -0.3 is 14.2 Å². The van der Waals surface area contributed by atoms with Gasteiger partial charge in [0, 0.05) is 25.4 Å². The number of aryl methyl sites for hydroxylation is 1. The molecule has 5 heteroatoms. The molecule has 4 rings (SSSR count). The third kappa shape index (κ3) is 4.07. The van der Waals surface area contributed by atoms with E-state index < -0.39 is 0 Å². The van der Waals surface area contributed by atoms with Gasteiger partial charge in [0.05, 0.1) is 23.8 Å². The van der Waals surface area contributed by atoms with Crippen LogP contribution in [0.2, 0.25) is 0 Å². The summed E-state index contributed by atoms with van der Waals surface area (Å²) in [4.78, 5) is 19.7. The van der Waals surface area contributed by atoms with Crippen molar-refractivity contribution in [2.75, 3.05) is 18.6 Å². The molecule has 1 aliphatic rings. The minimum atomic E-state index is 0.0884. The van der Waals surface area contributed by atoms with Crippen LogP contribution in [0, 0.1) is 0 Å². The molecule has 1 saturated heterocycles. The van der Waals surface area contributed by atoms with E-state index in [0.717, 1.165) is 35.7 Å². The fourth-order valence-electron chi connectivity index (χ4n) is 4.48. The molecule has 0 aliphatic carbocycles. The van der Waals surface area contributed by atoms with Crippen molar-refractivity contribution in [1.82, 2.24) is 9.55 Å². The first-order valence-corrected chi connectivity index (χ1v) is 11.1. The van der Waals surface area contributed by atoms with E-state index in [0.29, 0.717) is 13.0 Å². The van der Waals surface area contributed by atoms with Gasteiger partial charge in [-0.25, -0.2) is 4.98 Å². The summed E-state index contributed by atoms with van der Waals surface area (Å²) < 4.78 is 7.84. The number of hydrogen-bond acceptors (Lipinski definition) is 3. The van der Waals surface area contributed by atoms with Crippen molar-refractivity contribution in [3.8, 4) is 5.75 Å². The molecule has 158 valence electrons. The number of rotatable bonds is 9. The Bertz CT molecular complexity index is 1010. The van der Waals surface area contributed by atoms with Crippen LogP contribution >= 0.6 is 0 Å². The third-order valence-electron chi connectivity index (χ3n) is 6.04. The van der Waals surface area contributed by atoms with Crippen LogP contribution in [0.25, 0.3) is 11.0 Å². The highest BCUT2D eigenvalue weighted by Gasteiger charge is 2.35. The van der Waals surface area contributed by atoms with E-state index >= 15 is 0 Å². The van der Waals surface area contributed by atoms with Crippen LogP contribution in [0.15, 0.2) is 48.5 Å². The van der Waals surface area contributed by atoms with Crippen molar-refractivity contribution in [3.63, 3.8) is 0 Å². The standard InChI is InChI=1S/C25H31N3O2/c1-3-4-5-6-11-16-27-21-13-8-7-12-20(21)26-25(27)19-17-24(29)28(18-19)22-14-9-10-15-23(22)30-2/h7-10,12-15,19H,3-6,11,16-18H2,1-2H3/t19-/m1/s1. The van der Waals surface area contributed by atoms with E-state index in [1.807, 2.05) is 35.2 Å². The molecule has 0 spiro atoms. The van der Waals surface area contributed by atoms with Gasteiger partial charge in [-0.3, -0.25) is 4.79 Å². The number of fused-ring (bicyclic) bond motifs is 1. The van der Waals surface area contributed by atoms with Crippen LogP contribution in [-0.2, 0) is 11.3 Å². The Hall–Kier alpha value is -2.82. The number of ether oxygens (including phenoxy) is 1. The maximum atomic E-state index is 12.9. The predicted octanol–water partition coefficient (Wildman–Crippen LogP) is 5.54. The zero-order chi connectivity index (χ0) is 20.9. The first-order valence-electron chi connectivity index (χ1n) is 11.1. The van der Waals surface area contributed by atoms with Gasteiger partial charge in [-0.05, 0) is 30.7 Å². The highest BCUT2D eigenvalue weighted by Crippen LogP contribution is 2.37. The lowest BCUT2D eigenvalue weighted by atomic mass is 10.1. The molecule has 1 aliphatic heterocycles. The number of benzene rings is 2. The first kappa shape index (κ1) is 20.5. The SMILES string of the molecule is CCCCCCCn1c([C@@H]2CC(=O)N(c3ccccc3OC)C2)nc2ccccc21. The zero-order valence-corrected chi connectivity index (χ0v) is 18.0. The molecule has 0 N–H and O–H groups in total. The molecule has 0 bridgehead atoms. The van der Waals surface area contributed by atoms with Crippen molar-refractivity contribution in [3.05, 3.63) is 54.4 Å². The maximum absolute atomic E-state index is 12.9. The number of anilines is 1. The van der Waals surface area contributed by atoms with E-state index in [2.05, 4.69) is 29.7 Å². The summed E-state index contributed by atoms with van der Waals surface area (Å²) in [6.45, 7) is 3.84. The fourth-order valence-corrected chi connectivity index (χ4v) is 4.48. The number of hydrogen-bond donors (Lipinski definition) is 0. The number of imidazole rings is 1. The molecular weight excluding hydrogens is 374 g/mol. The van der Waals surface area contributed by atoms with Gasteiger partial charge in [-0.2, -0.15) is 0 Å². The molecular formula is C25H31N3O2. The van der Waals surface area contributed by atoms with Crippen LogP contribution in [-0.4, -0.2) is 29.1 Å². The fraction of sp³-hybridized carbons (Fsp3) is 0.440. The van der Waals surface area contributed by atoms with Gasteiger partial charge in [-0.1, -0.05) is 56.9 Å². The Morgan fingerprint density at radius 3 is 2.63 bits per heavy atom. The van der Waals surface area contributed by atoms with Crippen molar-refractivity contribution in [2.45, 2.75) is 57.9 Å². The Morgan fingerprint density at radius 2 is 1.80 bits per heavy atom. The van der Waals surface area contributed by atoms with Crippen LogP contribution in [0.1, 0.15) is 57.2 Å². The molecule has 1 fully saturated rings. The summed E-state index contributed by atoms with van der Waals surface area (Å²) >= 11 is 0. The van der Waals surface area contributed by atoms with Gasteiger partial charge in [-0.15, -0.1) is 0 Å². The number of carbonyl (C=O) groups excluding carboxylic acids is 1. The van der Waals surface area contributed by atoms with Crippen molar-refractivity contribution < 1.29 is 9.53 Å². The maximum Gasteiger partial charge on any atom is 0.227 e. The number of aromatic nitrogens is 2. The van der Waals surface area contributed by atoms with Crippen LogP contribution < -0.4 is 9.64 Å². The molecule has 0 saturated carbocycles. The van der Waals surface area contributed by atoms with Crippen LogP contribution in [0.5, 0.6) is 5.75 Å². The average molecular weight is 406 g/mol. The van der Waals surface area contributed by atoms with Crippen molar-refractivity contribution in [1.29, 1.82) is 0 Å². The number of methoxy groups -OCH3 is 1. The molecule has 0 radical (unpaired) electrons. The summed E-state index contributed by atoms with van der Waals surface area (Å²) in [7, 11) is 1.65. The molecule has 0 unspecified atom stereocenters. The minimum absolute atomic E-state index is 0.0884. The molecule has 2 heterocycles. The number of unbranched alkanes of at least 4 members (excludes halogenated alkanes) is 4. The average Bonchev–Trinajstić information content (AvgIpc) is 3.34. The lowest BCUT2D eigenvalue weighted by Gasteiger charge is -2.19. The number of nitrogens with zero attached hydrogens (tertiary/aromatic N) is 3. The Morgan fingerprint density at radius 1 is 1.03 bits per heavy atom. The molecule has 1 amide bonds. The third-order valence-corrected chi connectivity index (χ3v) is 6.04. The van der Waals surface area contributed by atoms with Crippen LogP contribution in [0.4, 0.5) is 5.69 Å². The summed E-state index contributed by atoms with van der Waals surface area (Å²) in [5, 5.41) is 0. The lowest BCUT2D eigenvalue weighted by Crippen LogP contribution is -2.25. The predicted molar refractivity (Wildman–Crippen MR) is 121 cm³/mol. The van der Waals surface area contributed by atoms with Crippen LogP contribution in [0.3, 0.4) is 0 Å². The normalized spacial score (nSPS) is 16.5. The second-order valence-electron chi connectivity index (χ2n) is 8.10. The van der Waals surface area contributed by atoms with E-state index in [1.54, 1.807) is 7.11 Å². The second-order valence-corrected chi connectivity index (χ2v) is 8.10. The number of amides is 1. The summed E-state index contributed by atoms with van der Waals surface area (Å²) in [6.07, 6.45) is 6.69. The minimum Gasteiger partial charge on any atom is -0.495 e. The van der Waals surface area contributed by atoms with Gasteiger partial charge >= 0.3 is 0 Å². The van der Waals surface area contributed by atoms with Gasteiger partial charge in [0.1, 0.15) is 11.6 Å². The quantitative estimate of drug-likeness (QED) is 0.439. The lowest BCUT2D eigenvalue weighted by molar-refractivity contribution is -0.117. The number of para-hydroxylation sites is 4. The van der Waals surface area contributed by atoms with E-state index in [9.17, 15) is 4.79 Å². The molecule has 30 heavy (non-hydrogen) atoms. The largest absolute Gasteiger partial charge is 0.495 e. The summed E-state index contributed by atoms with van der Waals surface area (Å²) in [6, 6.07) is 16.1. The van der Waals surface area contributed by atoms with E-state index in [-0.39, 0.29) is 11.8 Å². The zero-order valence-electron chi connectivity index (χ0n) is 18.0. The van der Waals surface area contributed by atoms with Crippen molar-refractivity contribution in [2.24, 2.45) is 0 Å². The molecule has 3 aromatic rings. The summed E-state index contributed by atoms with van der Waals surface area (Å²) in [5.74, 6) is 1.99. The molecule has 2 aromatic carbocycles. The smallest absolute Gasteiger partial charge is 0.227 e. The van der Waals surface area contributed by atoms with Gasteiger partial charge in [0.15, 0.2) is 0 Å². The number of carbonyl (C=O) groups is 1. The first-order chi connectivity index (χ1) is 14.7. The topological polar surface area (TPSA) is 47.4 Å². The molecule has 5 nitrogen and oxygen atoms in total. The Balaban J connectivity index is 1.59. The monoisotopic (exact) mass is 405 g/mol. The van der Waals surface area contributed by atoms with E-state index in [1.165, 1.54) is 31.2 Å². The van der Waals surface area contributed by atoms with Gasteiger partial charge in [0.25, 0.3) is 0 Å². The summed E-state index contributed by atoms with van der Waals surface area (Å²) in [5.41, 5.74) is 3.03. The van der Waals surface area contributed by atoms with Gasteiger partial charge in [0.2, 0.25) is 5.91 Å². The highest BCUT2D eigenvalue weighted by atomic mass is 16.5. The molecule has 1 atom stereocenters. The van der Waals surface area contributed by atoms with E-state index in [4.69, 9.17) is 9.72 Å². The molecule has 1 aromatic heterocycles. The Labute approximate surface area is 178 Å². The van der Waals surface area contributed by atoms with Crippen molar-refractivity contribution >= 4 is 22.6 Å². The Kier molecular flexibility index (Phi) is 6.36. The second kappa shape index (κ2) is 9.33.